The first-order valence-corrected chi connectivity index (χ1v) is 7.96. The third kappa shape index (κ3) is 2.57. The van der Waals surface area contributed by atoms with Gasteiger partial charge in [-0.15, -0.1) is 11.8 Å². The van der Waals surface area contributed by atoms with E-state index in [4.69, 9.17) is 14.2 Å². The predicted octanol–water partition coefficient (Wildman–Crippen LogP) is 3.94. The summed E-state index contributed by atoms with van der Waals surface area (Å²) >= 11 is 1.59. The van der Waals surface area contributed by atoms with Gasteiger partial charge in [0.15, 0.2) is 11.5 Å². The molecule has 0 saturated heterocycles. The number of hydrogen-bond acceptors (Lipinski definition) is 5. The van der Waals surface area contributed by atoms with E-state index < -0.39 is 0 Å². The molecule has 0 spiro atoms. The number of aromatic hydroxyl groups is 1. The quantitative estimate of drug-likeness (QED) is 0.929. The molecular weight excluding hydrogens is 300 g/mol. The average Bonchev–Trinajstić information content (AvgIpc) is 2.57. The number of ether oxygens (including phenoxy) is 3. The van der Waals surface area contributed by atoms with Gasteiger partial charge >= 0.3 is 0 Å². The number of phenolic OH excluding ortho intramolecular Hbond substituents is 1. The van der Waals surface area contributed by atoms with Crippen LogP contribution < -0.4 is 14.2 Å². The van der Waals surface area contributed by atoms with Gasteiger partial charge in [-0.2, -0.15) is 0 Å². The summed E-state index contributed by atoms with van der Waals surface area (Å²) in [7, 11) is 3.26. The topological polar surface area (TPSA) is 47.9 Å². The normalized spacial score (nSPS) is 16.6. The van der Waals surface area contributed by atoms with Crippen molar-refractivity contribution in [1.82, 2.24) is 0 Å². The summed E-state index contributed by atoms with van der Waals surface area (Å²) < 4.78 is 16.7. The highest BCUT2D eigenvalue weighted by atomic mass is 32.2. The van der Waals surface area contributed by atoms with Crippen molar-refractivity contribution in [1.29, 1.82) is 0 Å². The summed E-state index contributed by atoms with van der Waals surface area (Å²) in [6.07, 6.45) is -0.0839. The van der Waals surface area contributed by atoms with E-state index in [9.17, 15) is 5.11 Å². The second-order valence-corrected chi connectivity index (χ2v) is 6.12. The zero-order valence-electron chi connectivity index (χ0n) is 12.8. The SMILES string of the molecule is COc1ccc(C2CSc3c(O)c(C)cc(OC)c3O2)cc1. The van der Waals surface area contributed by atoms with E-state index in [2.05, 4.69) is 0 Å². The number of rotatable bonds is 3. The fourth-order valence-electron chi connectivity index (χ4n) is 2.44. The molecule has 0 radical (unpaired) electrons. The summed E-state index contributed by atoms with van der Waals surface area (Å²) in [6, 6.07) is 9.63. The van der Waals surface area contributed by atoms with Crippen molar-refractivity contribution in [3.63, 3.8) is 0 Å². The van der Waals surface area contributed by atoms with Crippen LogP contribution in [0.2, 0.25) is 0 Å². The Hall–Kier alpha value is -2.01. The lowest BCUT2D eigenvalue weighted by molar-refractivity contribution is 0.206. The van der Waals surface area contributed by atoms with Gasteiger partial charge in [-0.05, 0) is 36.2 Å². The number of aryl methyl sites for hydroxylation is 1. The van der Waals surface area contributed by atoms with E-state index in [1.54, 1.807) is 32.0 Å². The van der Waals surface area contributed by atoms with Crippen LogP contribution in [-0.2, 0) is 0 Å². The van der Waals surface area contributed by atoms with Crippen molar-refractivity contribution in [2.45, 2.75) is 17.9 Å². The summed E-state index contributed by atoms with van der Waals surface area (Å²) in [4.78, 5) is 0.751. The number of benzene rings is 2. The van der Waals surface area contributed by atoms with Crippen molar-refractivity contribution in [3.8, 4) is 23.0 Å². The van der Waals surface area contributed by atoms with Gasteiger partial charge in [-0.1, -0.05) is 12.1 Å². The second-order valence-electron chi connectivity index (χ2n) is 5.09. The standard InChI is InChI=1S/C17H18O4S/c1-10-8-13(20-3)16-17(15(10)18)22-9-14(21-16)11-4-6-12(19-2)7-5-11/h4-8,14,18H,9H2,1-3H3. The number of methoxy groups -OCH3 is 2. The lowest BCUT2D eigenvalue weighted by Gasteiger charge is -2.28. The molecular formula is C17H18O4S. The molecule has 116 valence electrons. The molecule has 0 aliphatic carbocycles. The molecule has 3 rings (SSSR count). The maximum Gasteiger partial charge on any atom is 0.179 e. The summed E-state index contributed by atoms with van der Waals surface area (Å²) in [6.45, 7) is 1.86. The highest BCUT2D eigenvalue weighted by molar-refractivity contribution is 7.99. The third-order valence-electron chi connectivity index (χ3n) is 3.71. The Balaban J connectivity index is 1.94. The minimum absolute atomic E-state index is 0.0839. The van der Waals surface area contributed by atoms with E-state index in [1.807, 2.05) is 31.2 Å². The van der Waals surface area contributed by atoms with Gasteiger partial charge in [0.25, 0.3) is 0 Å². The Morgan fingerprint density at radius 3 is 2.55 bits per heavy atom. The maximum absolute atomic E-state index is 10.2. The summed E-state index contributed by atoms with van der Waals surface area (Å²) in [5, 5.41) is 10.2. The fraction of sp³-hybridized carbons (Fsp3) is 0.294. The molecule has 4 nitrogen and oxygen atoms in total. The van der Waals surface area contributed by atoms with Gasteiger partial charge in [0.1, 0.15) is 17.6 Å². The third-order valence-corrected chi connectivity index (χ3v) is 4.85. The first-order chi connectivity index (χ1) is 10.6. The van der Waals surface area contributed by atoms with Crippen molar-refractivity contribution < 1.29 is 19.3 Å². The van der Waals surface area contributed by atoms with Gasteiger partial charge in [-0.25, -0.2) is 0 Å². The van der Waals surface area contributed by atoms with Crippen molar-refractivity contribution in [3.05, 3.63) is 41.5 Å². The Morgan fingerprint density at radius 2 is 1.91 bits per heavy atom. The van der Waals surface area contributed by atoms with Crippen LogP contribution in [0.15, 0.2) is 35.2 Å². The van der Waals surface area contributed by atoms with Crippen LogP contribution in [0.5, 0.6) is 23.0 Å². The lowest BCUT2D eigenvalue weighted by Crippen LogP contribution is -2.15. The molecule has 1 N–H and O–H groups in total. The second kappa shape index (κ2) is 6.01. The van der Waals surface area contributed by atoms with Crippen molar-refractivity contribution in [2.24, 2.45) is 0 Å². The molecule has 0 bridgehead atoms. The molecule has 1 heterocycles. The molecule has 1 aliphatic heterocycles. The van der Waals surface area contributed by atoms with Crippen LogP contribution in [0.4, 0.5) is 0 Å². The predicted molar refractivity (Wildman–Crippen MR) is 86.5 cm³/mol. The summed E-state index contributed by atoms with van der Waals surface area (Å²) in [5.74, 6) is 3.09. The summed E-state index contributed by atoms with van der Waals surface area (Å²) in [5.41, 5.74) is 1.86. The molecule has 2 aromatic rings. The molecule has 0 saturated carbocycles. The van der Waals surface area contributed by atoms with Crippen LogP contribution in [0.3, 0.4) is 0 Å². The molecule has 0 aromatic heterocycles. The van der Waals surface area contributed by atoms with Crippen LogP contribution in [0, 0.1) is 6.92 Å². The molecule has 5 heteroatoms. The number of fused-ring (bicyclic) bond motifs is 1. The van der Waals surface area contributed by atoms with Crippen LogP contribution in [-0.4, -0.2) is 25.1 Å². The Labute approximate surface area is 134 Å². The van der Waals surface area contributed by atoms with E-state index >= 15 is 0 Å². The molecule has 22 heavy (non-hydrogen) atoms. The zero-order chi connectivity index (χ0) is 15.7. The van der Waals surface area contributed by atoms with E-state index in [1.165, 1.54) is 0 Å². The molecule has 1 aliphatic rings. The first kappa shape index (κ1) is 14.9. The monoisotopic (exact) mass is 318 g/mol. The smallest absolute Gasteiger partial charge is 0.179 e. The van der Waals surface area contributed by atoms with Gasteiger partial charge < -0.3 is 19.3 Å². The number of phenols is 1. The van der Waals surface area contributed by atoms with Crippen LogP contribution in [0.25, 0.3) is 0 Å². The van der Waals surface area contributed by atoms with Gasteiger partial charge in [0.05, 0.1) is 19.1 Å². The van der Waals surface area contributed by atoms with E-state index in [0.29, 0.717) is 11.5 Å². The lowest BCUT2D eigenvalue weighted by atomic mass is 10.1. The van der Waals surface area contributed by atoms with Gasteiger partial charge in [0.2, 0.25) is 0 Å². The molecule has 0 fully saturated rings. The van der Waals surface area contributed by atoms with Crippen LogP contribution >= 0.6 is 11.8 Å². The largest absolute Gasteiger partial charge is 0.506 e. The van der Waals surface area contributed by atoms with Crippen molar-refractivity contribution >= 4 is 11.8 Å². The Bertz CT molecular complexity index is 682. The molecule has 2 aromatic carbocycles. The molecule has 0 amide bonds. The van der Waals surface area contributed by atoms with Gasteiger partial charge in [0, 0.05) is 5.75 Å². The first-order valence-electron chi connectivity index (χ1n) is 6.98. The maximum atomic E-state index is 10.2. The number of hydrogen-bond donors (Lipinski definition) is 1. The Kier molecular flexibility index (Phi) is 4.07. The molecule has 1 atom stereocenters. The van der Waals surface area contributed by atoms with Crippen LogP contribution in [0.1, 0.15) is 17.2 Å². The van der Waals surface area contributed by atoms with Crippen molar-refractivity contribution in [2.75, 3.05) is 20.0 Å². The average molecular weight is 318 g/mol. The fourth-order valence-corrected chi connectivity index (χ4v) is 3.60. The Morgan fingerprint density at radius 1 is 1.18 bits per heavy atom. The van der Waals surface area contributed by atoms with E-state index in [-0.39, 0.29) is 11.9 Å². The van der Waals surface area contributed by atoms with Gasteiger partial charge in [-0.3, -0.25) is 0 Å². The molecule has 1 unspecified atom stereocenters. The zero-order valence-corrected chi connectivity index (χ0v) is 13.6. The minimum Gasteiger partial charge on any atom is -0.506 e. The minimum atomic E-state index is -0.0839. The highest BCUT2D eigenvalue weighted by Crippen LogP contribution is 2.51. The number of thioether (sulfide) groups is 1. The highest BCUT2D eigenvalue weighted by Gasteiger charge is 2.28. The van der Waals surface area contributed by atoms with E-state index in [0.717, 1.165) is 27.5 Å².